The number of carbonyl (C=O) groups excluding carboxylic acids is 1. The molecule has 0 saturated heterocycles. The normalized spacial score (nSPS) is 13.4. The van der Waals surface area contributed by atoms with Crippen LogP contribution in [0.4, 0.5) is 5.69 Å². The highest BCUT2D eigenvalue weighted by Gasteiger charge is 2.11. The molecule has 2 aromatic carbocycles. The highest BCUT2D eigenvalue weighted by Crippen LogP contribution is 2.18. The Hall–Kier alpha value is -2.59. The second-order valence-corrected chi connectivity index (χ2v) is 4.11. The summed E-state index contributed by atoms with van der Waals surface area (Å²) in [4.78, 5) is 17.1. The van der Waals surface area contributed by atoms with E-state index in [4.69, 9.17) is 4.84 Å². The largest absolute Gasteiger partial charge is 0.395 e. The first-order chi connectivity index (χ1) is 9.34. The monoisotopic (exact) mass is 252 g/mol. The molecule has 3 rings (SSSR count). The number of ketones is 1. The number of benzene rings is 2. The smallest absolute Gasteiger partial charge is 0.193 e. The van der Waals surface area contributed by atoms with Crippen molar-refractivity contribution < 1.29 is 9.63 Å². The molecule has 0 aliphatic carbocycles. The van der Waals surface area contributed by atoms with Crippen molar-refractivity contribution in [1.82, 2.24) is 5.59 Å². The number of anilines is 1. The molecular formula is C15H12N2O2. The molecule has 2 aromatic rings. The van der Waals surface area contributed by atoms with E-state index in [0.29, 0.717) is 11.1 Å². The van der Waals surface area contributed by atoms with Gasteiger partial charge in [-0.05, 0) is 24.3 Å². The zero-order valence-corrected chi connectivity index (χ0v) is 10.1. The number of nitrogens with one attached hydrogen (secondary N) is 1. The van der Waals surface area contributed by atoms with E-state index in [0.717, 1.165) is 5.69 Å². The summed E-state index contributed by atoms with van der Waals surface area (Å²) in [7, 11) is 0. The van der Waals surface area contributed by atoms with E-state index >= 15 is 0 Å². The molecular weight excluding hydrogens is 240 g/mol. The summed E-state index contributed by atoms with van der Waals surface area (Å²) in [5, 5.41) is 1.72. The van der Waals surface area contributed by atoms with Crippen molar-refractivity contribution in [3.8, 4) is 0 Å². The average Bonchev–Trinajstić information content (AvgIpc) is 3.02. The summed E-state index contributed by atoms with van der Waals surface area (Å²) >= 11 is 0. The van der Waals surface area contributed by atoms with Gasteiger partial charge >= 0.3 is 0 Å². The Balaban J connectivity index is 1.83. The van der Waals surface area contributed by atoms with Crippen LogP contribution in [0.15, 0.2) is 67.1 Å². The highest BCUT2D eigenvalue weighted by molar-refractivity contribution is 6.09. The topological polar surface area (TPSA) is 41.6 Å². The van der Waals surface area contributed by atoms with Crippen LogP contribution in [-0.2, 0) is 4.84 Å². The first-order valence-corrected chi connectivity index (χ1v) is 5.91. The number of hydrazine groups is 1. The Morgan fingerprint density at radius 1 is 0.947 bits per heavy atom. The predicted octanol–water partition coefficient (Wildman–Crippen LogP) is 2.65. The van der Waals surface area contributed by atoms with E-state index in [-0.39, 0.29) is 5.78 Å². The molecule has 1 aliphatic heterocycles. The minimum Gasteiger partial charge on any atom is -0.395 e. The van der Waals surface area contributed by atoms with Crippen molar-refractivity contribution in [3.05, 3.63) is 78.2 Å². The Morgan fingerprint density at radius 2 is 1.63 bits per heavy atom. The van der Waals surface area contributed by atoms with Crippen LogP contribution in [0.3, 0.4) is 0 Å². The van der Waals surface area contributed by atoms with Crippen LogP contribution in [0.1, 0.15) is 15.9 Å². The number of carbonyl (C=O) groups is 1. The summed E-state index contributed by atoms with van der Waals surface area (Å²) in [6, 6.07) is 16.6. The lowest BCUT2D eigenvalue weighted by atomic mass is 10.0. The molecule has 0 aromatic heterocycles. The number of hydrogen-bond acceptors (Lipinski definition) is 4. The second-order valence-electron chi connectivity index (χ2n) is 4.11. The Labute approximate surface area is 110 Å². The quantitative estimate of drug-likeness (QED) is 0.853. The maximum Gasteiger partial charge on any atom is 0.193 e. The molecule has 0 saturated carbocycles. The van der Waals surface area contributed by atoms with Gasteiger partial charge in [0.2, 0.25) is 0 Å². The van der Waals surface area contributed by atoms with Crippen LogP contribution in [0.5, 0.6) is 0 Å². The van der Waals surface area contributed by atoms with E-state index in [1.54, 1.807) is 29.6 Å². The van der Waals surface area contributed by atoms with Gasteiger partial charge in [-0.3, -0.25) is 4.79 Å². The molecule has 19 heavy (non-hydrogen) atoms. The SMILES string of the molecule is O=C(c1ccccc1)c1ccc(N2C=CON2)cc1. The maximum atomic E-state index is 12.2. The number of nitrogens with zero attached hydrogens (tertiary/aromatic N) is 1. The lowest BCUT2D eigenvalue weighted by Gasteiger charge is -2.13. The van der Waals surface area contributed by atoms with Crippen LogP contribution in [-0.4, -0.2) is 5.78 Å². The molecule has 1 heterocycles. The Morgan fingerprint density at radius 3 is 2.26 bits per heavy atom. The van der Waals surface area contributed by atoms with Crippen molar-refractivity contribution >= 4 is 11.5 Å². The minimum atomic E-state index is 0.0216. The van der Waals surface area contributed by atoms with Gasteiger partial charge in [0.15, 0.2) is 5.78 Å². The lowest BCUT2D eigenvalue weighted by molar-refractivity contribution is 0.103. The summed E-state index contributed by atoms with van der Waals surface area (Å²) in [5.41, 5.74) is 4.95. The Bertz CT molecular complexity index is 606. The minimum absolute atomic E-state index is 0.0216. The third kappa shape index (κ3) is 2.34. The predicted molar refractivity (Wildman–Crippen MR) is 72.2 cm³/mol. The summed E-state index contributed by atoms with van der Waals surface area (Å²) in [6.45, 7) is 0. The van der Waals surface area contributed by atoms with E-state index in [1.807, 2.05) is 42.5 Å². The fraction of sp³-hybridized carbons (Fsp3) is 0. The van der Waals surface area contributed by atoms with E-state index < -0.39 is 0 Å². The molecule has 0 atom stereocenters. The Kier molecular flexibility index (Phi) is 3.00. The van der Waals surface area contributed by atoms with Crippen LogP contribution >= 0.6 is 0 Å². The first kappa shape index (κ1) is 11.5. The first-order valence-electron chi connectivity index (χ1n) is 5.91. The van der Waals surface area contributed by atoms with Crippen molar-refractivity contribution in [2.45, 2.75) is 0 Å². The molecule has 0 spiro atoms. The fourth-order valence-corrected chi connectivity index (χ4v) is 1.88. The van der Waals surface area contributed by atoms with Crippen LogP contribution < -0.4 is 10.6 Å². The van der Waals surface area contributed by atoms with Gasteiger partial charge in [-0.2, -0.15) is 0 Å². The van der Waals surface area contributed by atoms with E-state index in [2.05, 4.69) is 5.59 Å². The van der Waals surface area contributed by atoms with Gasteiger partial charge in [-0.1, -0.05) is 35.9 Å². The van der Waals surface area contributed by atoms with Crippen LogP contribution in [0.25, 0.3) is 0 Å². The molecule has 4 nitrogen and oxygen atoms in total. The standard InChI is InChI=1S/C15H12N2O2/c18-15(12-4-2-1-3-5-12)13-6-8-14(9-7-13)17-10-11-19-16-17/h1-11,16H. The number of rotatable bonds is 3. The average molecular weight is 252 g/mol. The number of hydrogen-bond donors (Lipinski definition) is 1. The maximum absolute atomic E-state index is 12.2. The van der Waals surface area contributed by atoms with Gasteiger partial charge in [-0.15, -0.1) is 0 Å². The second kappa shape index (κ2) is 4.96. The van der Waals surface area contributed by atoms with Gasteiger partial charge in [0.25, 0.3) is 0 Å². The zero-order chi connectivity index (χ0) is 13.1. The van der Waals surface area contributed by atoms with Gasteiger partial charge in [0, 0.05) is 11.1 Å². The zero-order valence-electron chi connectivity index (χ0n) is 10.1. The molecule has 0 amide bonds. The molecule has 0 radical (unpaired) electrons. The summed E-state index contributed by atoms with van der Waals surface area (Å²) in [5.74, 6) is 0.0216. The molecule has 94 valence electrons. The van der Waals surface area contributed by atoms with Gasteiger partial charge in [0.1, 0.15) is 6.26 Å². The van der Waals surface area contributed by atoms with Crippen LogP contribution in [0, 0.1) is 0 Å². The molecule has 0 unspecified atom stereocenters. The van der Waals surface area contributed by atoms with Crippen molar-refractivity contribution in [2.24, 2.45) is 0 Å². The molecule has 0 fully saturated rings. The van der Waals surface area contributed by atoms with Gasteiger partial charge < -0.3 is 4.84 Å². The van der Waals surface area contributed by atoms with Gasteiger partial charge in [0.05, 0.1) is 11.9 Å². The molecule has 4 heteroatoms. The van der Waals surface area contributed by atoms with Crippen molar-refractivity contribution in [1.29, 1.82) is 0 Å². The lowest BCUT2D eigenvalue weighted by Crippen LogP contribution is -2.26. The highest BCUT2D eigenvalue weighted by atomic mass is 16.7. The van der Waals surface area contributed by atoms with Gasteiger partial charge in [-0.25, -0.2) is 5.01 Å². The van der Waals surface area contributed by atoms with Crippen LogP contribution in [0.2, 0.25) is 0 Å². The van der Waals surface area contributed by atoms with E-state index in [9.17, 15) is 4.79 Å². The third-order valence-electron chi connectivity index (χ3n) is 2.87. The van der Waals surface area contributed by atoms with E-state index in [1.165, 1.54) is 0 Å². The summed E-state index contributed by atoms with van der Waals surface area (Å²) in [6.07, 6.45) is 3.30. The van der Waals surface area contributed by atoms with Crippen molar-refractivity contribution in [2.75, 3.05) is 5.01 Å². The van der Waals surface area contributed by atoms with Crippen molar-refractivity contribution in [3.63, 3.8) is 0 Å². The molecule has 0 bridgehead atoms. The third-order valence-corrected chi connectivity index (χ3v) is 2.87. The molecule has 1 aliphatic rings. The fourth-order valence-electron chi connectivity index (χ4n) is 1.88. The summed E-state index contributed by atoms with van der Waals surface area (Å²) < 4.78 is 0. The molecule has 1 N–H and O–H groups in total.